The summed E-state index contributed by atoms with van der Waals surface area (Å²) in [6, 6.07) is 0. The van der Waals surface area contributed by atoms with Gasteiger partial charge in [-0.05, 0) is 0 Å². The van der Waals surface area contributed by atoms with Gasteiger partial charge in [-0.3, -0.25) is 10.1 Å². The van der Waals surface area contributed by atoms with Crippen LogP contribution in [0.3, 0.4) is 0 Å². The van der Waals surface area contributed by atoms with Gasteiger partial charge in [-0.25, -0.2) is 4.79 Å². The molecule has 1 rings (SSSR count). The standard InChI is InChI=1S/C10H17NO10/c12-2-3-5(15)6(16)7(17)10(20-3)21-8(9(18)19)11-1-4(13)14/h3,5-8,10-12,15-17H,1-2H2,(H,13,14)(H,18,19)/t3-,5+,6-,7+,8?,10-/m1/s1. The smallest absolute Gasteiger partial charge is 0.348 e. The van der Waals surface area contributed by atoms with Gasteiger partial charge in [0, 0.05) is 0 Å². The summed E-state index contributed by atoms with van der Waals surface area (Å²) < 4.78 is 9.77. The Morgan fingerprint density at radius 1 is 1.14 bits per heavy atom. The Morgan fingerprint density at radius 3 is 2.24 bits per heavy atom. The van der Waals surface area contributed by atoms with Crippen molar-refractivity contribution in [1.82, 2.24) is 5.32 Å². The molecule has 0 saturated carbocycles. The molecule has 0 amide bonds. The van der Waals surface area contributed by atoms with Gasteiger partial charge in [0.15, 0.2) is 6.29 Å². The van der Waals surface area contributed by atoms with Crippen molar-refractivity contribution in [1.29, 1.82) is 0 Å². The molecule has 1 aliphatic heterocycles. The van der Waals surface area contributed by atoms with E-state index in [4.69, 9.17) is 24.8 Å². The van der Waals surface area contributed by atoms with Gasteiger partial charge < -0.3 is 40.1 Å². The Morgan fingerprint density at radius 2 is 1.76 bits per heavy atom. The summed E-state index contributed by atoms with van der Waals surface area (Å²) in [7, 11) is 0. The lowest BCUT2D eigenvalue weighted by Gasteiger charge is -2.40. The zero-order valence-electron chi connectivity index (χ0n) is 10.7. The molecule has 1 aliphatic rings. The maximum Gasteiger partial charge on any atom is 0.348 e. The van der Waals surface area contributed by atoms with E-state index >= 15 is 0 Å². The molecule has 0 aromatic heterocycles. The second-order valence-corrected chi connectivity index (χ2v) is 4.33. The fraction of sp³-hybridized carbons (Fsp3) is 0.800. The van der Waals surface area contributed by atoms with Crippen molar-refractivity contribution < 1.29 is 49.7 Å². The van der Waals surface area contributed by atoms with E-state index in [1.165, 1.54) is 0 Å². The molecule has 1 heterocycles. The predicted molar refractivity (Wildman–Crippen MR) is 61.9 cm³/mol. The number of aliphatic hydroxyl groups excluding tert-OH is 4. The molecule has 11 nitrogen and oxygen atoms in total. The number of hydrogen-bond donors (Lipinski definition) is 7. The lowest BCUT2D eigenvalue weighted by atomic mass is 9.99. The first-order valence-electron chi connectivity index (χ1n) is 5.92. The molecule has 0 aliphatic carbocycles. The molecule has 1 fully saturated rings. The van der Waals surface area contributed by atoms with Gasteiger partial charge in [0.05, 0.1) is 13.2 Å². The molecule has 0 bridgehead atoms. The van der Waals surface area contributed by atoms with Crippen LogP contribution in [0.25, 0.3) is 0 Å². The number of rotatable bonds is 7. The maximum atomic E-state index is 10.9. The Balaban J connectivity index is 2.72. The molecule has 0 radical (unpaired) electrons. The van der Waals surface area contributed by atoms with E-state index in [1.54, 1.807) is 0 Å². The Hall–Kier alpha value is -1.34. The quantitative estimate of drug-likeness (QED) is 0.226. The van der Waals surface area contributed by atoms with Crippen molar-refractivity contribution in [3.63, 3.8) is 0 Å². The van der Waals surface area contributed by atoms with Crippen LogP contribution in [-0.2, 0) is 19.1 Å². The third-order valence-corrected chi connectivity index (χ3v) is 2.78. The maximum absolute atomic E-state index is 10.9. The molecular formula is C10H17NO10. The molecular weight excluding hydrogens is 294 g/mol. The highest BCUT2D eigenvalue weighted by molar-refractivity contribution is 5.74. The van der Waals surface area contributed by atoms with Gasteiger partial charge in [0.1, 0.15) is 24.4 Å². The number of aliphatic carboxylic acids is 2. The van der Waals surface area contributed by atoms with Crippen LogP contribution in [0.2, 0.25) is 0 Å². The van der Waals surface area contributed by atoms with Gasteiger partial charge in [0.25, 0.3) is 0 Å². The number of hydrogen-bond acceptors (Lipinski definition) is 9. The number of aliphatic hydroxyl groups is 4. The zero-order chi connectivity index (χ0) is 16.2. The fourth-order valence-corrected chi connectivity index (χ4v) is 1.69. The van der Waals surface area contributed by atoms with Crippen molar-refractivity contribution in [3.05, 3.63) is 0 Å². The van der Waals surface area contributed by atoms with E-state index in [0.29, 0.717) is 0 Å². The van der Waals surface area contributed by atoms with Gasteiger partial charge in [-0.2, -0.15) is 0 Å². The van der Waals surface area contributed by atoms with E-state index in [9.17, 15) is 24.9 Å². The lowest BCUT2D eigenvalue weighted by molar-refractivity contribution is -0.312. The molecule has 0 aromatic rings. The Kier molecular flexibility index (Phi) is 6.42. The van der Waals surface area contributed by atoms with E-state index < -0.39 is 62.0 Å². The van der Waals surface area contributed by atoms with Crippen molar-refractivity contribution in [2.24, 2.45) is 0 Å². The van der Waals surface area contributed by atoms with Crippen LogP contribution in [-0.4, -0.2) is 92.7 Å². The second-order valence-electron chi connectivity index (χ2n) is 4.33. The summed E-state index contributed by atoms with van der Waals surface area (Å²) in [4.78, 5) is 21.3. The molecule has 1 saturated heterocycles. The minimum absolute atomic E-state index is 0.703. The average Bonchev–Trinajstić information content (AvgIpc) is 2.42. The summed E-state index contributed by atoms with van der Waals surface area (Å²) in [5.74, 6) is -2.91. The first-order valence-corrected chi connectivity index (χ1v) is 5.92. The van der Waals surface area contributed by atoms with Crippen LogP contribution in [0, 0.1) is 0 Å². The molecule has 122 valence electrons. The van der Waals surface area contributed by atoms with Crippen molar-refractivity contribution >= 4 is 11.9 Å². The molecule has 11 heteroatoms. The van der Waals surface area contributed by atoms with Crippen molar-refractivity contribution in [2.75, 3.05) is 13.2 Å². The number of carboxylic acids is 2. The summed E-state index contributed by atoms with van der Waals surface area (Å²) >= 11 is 0. The predicted octanol–water partition coefficient (Wildman–Crippen LogP) is -4.11. The van der Waals surface area contributed by atoms with E-state index in [0.717, 1.165) is 0 Å². The first kappa shape index (κ1) is 17.7. The number of nitrogens with one attached hydrogen (secondary N) is 1. The fourth-order valence-electron chi connectivity index (χ4n) is 1.69. The zero-order valence-corrected chi connectivity index (χ0v) is 10.7. The van der Waals surface area contributed by atoms with E-state index in [2.05, 4.69) is 0 Å². The molecule has 7 N–H and O–H groups in total. The Labute approximate surface area is 118 Å². The topological polar surface area (TPSA) is 186 Å². The van der Waals surface area contributed by atoms with Gasteiger partial charge in [0.2, 0.25) is 6.23 Å². The highest BCUT2D eigenvalue weighted by atomic mass is 16.7. The van der Waals surface area contributed by atoms with E-state index in [-0.39, 0.29) is 0 Å². The minimum Gasteiger partial charge on any atom is -0.480 e. The average molecular weight is 311 g/mol. The van der Waals surface area contributed by atoms with Crippen LogP contribution in [0.5, 0.6) is 0 Å². The van der Waals surface area contributed by atoms with Crippen LogP contribution in [0.15, 0.2) is 0 Å². The highest BCUT2D eigenvalue weighted by Crippen LogP contribution is 2.22. The van der Waals surface area contributed by atoms with Crippen LogP contribution >= 0.6 is 0 Å². The molecule has 6 atom stereocenters. The van der Waals surface area contributed by atoms with Crippen LogP contribution < -0.4 is 5.32 Å². The van der Waals surface area contributed by atoms with Gasteiger partial charge in [-0.1, -0.05) is 0 Å². The summed E-state index contributed by atoms with van der Waals surface area (Å²) in [6.07, 6.45) is -9.89. The minimum atomic E-state index is -1.83. The summed E-state index contributed by atoms with van der Waals surface area (Å²) in [5.41, 5.74) is 0. The summed E-state index contributed by atoms with van der Waals surface area (Å²) in [5, 5.41) is 57.0. The third kappa shape index (κ3) is 4.57. The second kappa shape index (κ2) is 7.61. The van der Waals surface area contributed by atoms with Gasteiger partial charge >= 0.3 is 11.9 Å². The van der Waals surface area contributed by atoms with Crippen molar-refractivity contribution in [3.8, 4) is 0 Å². The molecule has 1 unspecified atom stereocenters. The summed E-state index contributed by atoms with van der Waals surface area (Å²) in [6.45, 7) is -1.43. The normalized spacial score (nSPS) is 34.4. The Bertz CT molecular complexity index is 375. The van der Waals surface area contributed by atoms with Crippen LogP contribution in [0.1, 0.15) is 0 Å². The number of ether oxygens (including phenoxy) is 2. The monoisotopic (exact) mass is 311 g/mol. The third-order valence-electron chi connectivity index (χ3n) is 2.78. The van der Waals surface area contributed by atoms with Gasteiger partial charge in [-0.15, -0.1) is 0 Å². The largest absolute Gasteiger partial charge is 0.480 e. The molecule has 21 heavy (non-hydrogen) atoms. The number of carboxylic acid groups (broad SMARTS) is 2. The first-order chi connectivity index (χ1) is 9.77. The SMILES string of the molecule is O=C(O)CNC(O[C@H]1O[C@H](CO)[C@H](O)[C@@H](O)[C@@H]1O)C(=O)O. The molecule has 0 spiro atoms. The highest BCUT2D eigenvalue weighted by Gasteiger charge is 2.45. The molecule has 0 aromatic carbocycles. The van der Waals surface area contributed by atoms with Crippen LogP contribution in [0.4, 0.5) is 0 Å². The van der Waals surface area contributed by atoms with E-state index in [1.807, 2.05) is 5.32 Å². The lowest BCUT2D eigenvalue weighted by Crippen LogP contribution is -2.61. The number of carbonyl (C=O) groups is 2. The van der Waals surface area contributed by atoms with Crippen molar-refractivity contribution in [2.45, 2.75) is 36.9 Å².